The predicted octanol–water partition coefficient (Wildman–Crippen LogP) is 3.16. The van der Waals surface area contributed by atoms with Crippen LogP contribution in [-0.2, 0) is 4.79 Å². The molecule has 0 amide bonds. The Labute approximate surface area is 142 Å². The molecule has 5 heteroatoms. The lowest BCUT2D eigenvalue weighted by molar-refractivity contribution is -0.145. The SMILES string of the molecule is CC(C)CC1(C(=O)O)CC(c2cnccn2)C(c2ccccc2)N1. The minimum absolute atomic E-state index is 0.0176. The van der Waals surface area contributed by atoms with Crippen LogP contribution in [0.5, 0.6) is 0 Å². The first kappa shape index (κ1) is 16.6. The third-order valence-corrected chi connectivity index (χ3v) is 4.69. The van der Waals surface area contributed by atoms with E-state index in [1.54, 1.807) is 18.6 Å². The molecule has 1 aliphatic rings. The number of hydrogen-bond donors (Lipinski definition) is 2. The average molecular weight is 325 g/mol. The second-order valence-electron chi connectivity index (χ2n) is 6.96. The van der Waals surface area contributed by atoms with Gasteiger partial charge in [-0.2, -0.15) is 0 Å². The van der Waals surface area contributed by atoms with E-state index in [2.05, 4.69) is 29.1 Å². The van der Waals surface area contributed by atoms with Crippen molar-refractivity contribution in [2.75, 3.05) is 0 Å². The van der Waals surface area contributed by atoms with Crippen LogP contribution in [-0.4, -0.2) is 26.6 Å². The summed E-state index contributed by atoms with van der Waals surface area (Å²) in [6.07, 6.45) is 6.15. The summed E-state index contributed by atoms with van der Waals surface area (Å²) >= 11 is 0. The maximum atomic E-state index is 12.1. The van der Waals surface area contributed by atoms with Crippen molar-refractivity contribution in [3.05, 3.63) is 60.2 Å². The van der Waals surface area contributed by atoms with Crippen molar-refractivity contribution in [2.45, 2.75) is 44.2 Å². The van der Waals surface area contributed by atoms with Gasteiger partial charge in [0.15, 0.2) is 0 Å². The first-order valence-corrected chi connectivity index (χ1v) is 8.34. The standard InChI is InChI=1S/C19H23N3O2/c1-13(2)10-19(18(23)24)11-15(16-12-20-8-9-21-16)17(22-19)14-6-4-3-5-7-14/h3-9,12-13,15,17,22H,10-11H2,1-2H3,(H,23,24). The molecule has 3 atom stereocenters. The zero-order valence-corrected chi connectivity index (χ0v) is 14.0. The van der Waals surface area contributed by atoms with Crippen LogP contribution < -0.4 is 5.32 Å². The molecule has 2 aromatic rings. The fraction of sp³-hybridized carbons (Fsp3) is 0.421. The smallest absolute Gasteiger partial charge is 0.323 e. The van der Waals surface area contributed by atoms with Crippen LogP contribution in [0.2, 0.25) is 0 Å². The average Bonchev–Trinajstić information content (AvgIpc) is 2.97. The van der Waals surface area contributed by atoms with E-state index in [0.717, 1.165) is 11.3 Å². The van der Waals surface area contributed by atoms with Gasteiger partial charge in [0.2, 0.25) is 0 Å². The van der Waals surface area contributed by atoms with Gasteiger partial charge in [0.25, 0.3) is 0 Å². The third kappa shape index (κ3) is 3.17. The summed E-state index contributed by atoms with van der Waals surface area (Å²) in [6, 6.07) is 9.91. The Hall–Kier alpha value is -2.27. The Morgan fingerprint density at radius 1 is 1.33 bits per heavy atom. The van der Waals surface area contributed by atoms with Gasteiger partial charge >= 0.3 is 5.97 Å². The van der Waals surface area contributed by atoms with Gasteiger partial charge in [0.1, 0.15) is 5.54 Å². The molecule has 0 radical (unpaired) electrons. The number of rotatable bonds is 5. The number of carboxylic acid groups (broad SMARTS) is 1. The number of aliphatic carboxylic acids is 1. The van der Waals surface area contributed by atoms with E-state index < -0.39 is 11.5 Å². The fourth-order valence-corrected chi connectivity index (χ4v) is 3.78. The van der Waals surface area contributed by atoms with Crippen molar-refractivity contribution in [1.29, 1.82) is 0 Å². The molecule has 0 aliphatic carbocycles. The van der Waals surface area contributed by atoms with E-state index in [4.69, 9.17) is 0 Å². The second kappa shape index (κ2) is 6.69. The summed E-state index contributed by atoms with van der Waals surface area (Å²) in [7, 11) is 0. The monoisotopic (exact) mass is 325 g/mol. The molecule has 3 rings (SSSR count). The molecule has 1 aliphatic heterocycles. The maximum Gasteiger partial charge on any atom is 0.323 e. The molecule has 2 N–H and O–H groups in total. The lowest BCUT2D eigenvalue weighted by Crippen LogP contribution is -2.49. The molecule has 0 spiro atoms. The van der Waals surface area contributed by atoms with E-state index in [9.17, 15) is 9.90 Å². The molecule has 5 nitrogen and oxygen atoms in total. The molecule has 1 aromatic carbocycles. The summed E-state index contributed by atoms with van der Waals surface area (Å²) in [4.78, 5) is 20.7. The topological polar surface area (TPSA) is 75.1 Å². The van der Waals surface area contributed by atoms with Crippen LogP contribution in [0.15, 0.2) is 48.9 Å². The van der Waals surface area contributed by atoms with Gasteiger partial charge in [0.05, 0.1) is 5.69 Å². The Kier molecular flexibility index (Phi) is 4.62. The zero-order chi connectivity index (χ0) is 17.2. The van der Waals surface area contributed by atoms with Crippen molar-refractivity contribution >= 4 is 5.97 Å². The first-order chi connectivity index (χ1) is 11.5. The van der Waals surface area contributed by atoms with Gasteiger partial charge in [-0.25, -0.2) is 0 Å². The van der Waals surface area contributed by atoms with E-state index in [0.29, 0.717) is 12.8 Å². The molecule has 0 bridgehead atoms. The van der Waals surface area contributed by atoms with E-state index in [1.165, 1.54) is 0 Å². The molecule has 24 heavy (non-hydrogen) atoms. The summed E-state index contributed by atoms with van der Waals surface area (Å²) in [5.74, 6) is -0.523. The van der Waals surface area contributed by atoms with Crippen LogP contribution in [0.4, 0.5) is 0 Å². The Morgan fingerprint density at radius 2 is 2.08 bits per heavy atom. The fourth-order valence-electron chi connectivity index (χ4n) is 3.78. The number of nitrogens with zero attached hydrogens (tertiary/aromatic N) is 2. The number of benzene rings is 1. The zero-order valence-electron chi connectivity index (χ0n) is 14.0. The molecule has 1 saturated heterocycles. The molecule has 0 saturated carbocycles. The van der Waals surface area contributed by atoms with Crippen molar-refractivity contribution in [3.63, 3.8) is 0 Å². The van der Waals surface area contributed by atoms with Gasteiger partial charge in [-0.15, -0.1) is 0 Å². The summed E-state index contributed by atoms with van der Waals surface area (Å²) in [6.45, 7) is 4.11. The minimum Gasteiger partial charge on any atom is -0.480 e. The number of carboxylic acids is 1. The van der Waals surface area contributed by atoms with Gasteiger partial charge in [-0.1, -0.05) is 44.2 Å². The highest BCUT2D eigenvalue weighted by atomic mass is 16.4. The minimum atomic E-state index is -0.934. The van der Waals surface area contributed by atoms with Crippen LogP contribution in [0.3, 0.4) is 0 Å². The molecule has 3 unspecified atom stereocenters. The van der Waals surface area contributed by atoms with Crippen LogP contribution in [0.25, 0.3) is 0 Å². The van der Waals surface area contributed by atoms with Gasteiger partial charge in [0, 0.05) is 30.6 Å². The quantitative estimate of drug-likeness (QED) is 0.883. The summed E-state index contributed by atoms with van der Waals surface area (Å²) < 4.78 is 0. The number of nitrogens with one attached hydrogen (secondary N) is 1. The number of carbonyl (C=O) groups is 1. The molecule has 1 fully saturated rings. The van der Waals surface area contributed by atoms with Crippen LogP contribution in [0, 0.1) is 5.92 Å². The van der Waals surface area contributed by atoms with E-state index in [-0.39, 0.29) is 17.9 Å². The van der Waals surface area contributed by atoms with Crippen molar-refractivity contribution in [1.82, 2.24) is 15.3 Å². The van der Waals surface area contributed by atoms with Gasteiger partial charge in [-0.05, 0) is 24.3 Å². The molecule has 126 valence electrons. The normalized spacial score (nSPS) is 26.6. The lowest BCUT2D eigenvalue weighted by Gasteiger charge is -2.27. The first-order valence-electron chi connectivity index (χ1n) is 8.34. The molecular weight excluding hydrogens is 302 g/mol. The Morgan fingerprint density at radius 3 is 2.67 bits per heavy atom. The largest absolute Gasteiger partial charge is 0.480 e. The summed E-state index contributed by atoms with van der Waals surface area (Å²) in [5.41, 5.74) is 0.988. The highest BCUT2D eigenvalue weighted by Gasteiger charge is 2.51. The molecule has 2 heterocycles. The highest BCUT2D eigenvalue weighted by molar-refractivity contribution is 5.80. The molecular formula is C19H23N3O2. The summed E-state index contributed by atoms with van der Waals surface area (Å²) in [5, 5.41) is 13.4. The third-order valence-electron chi connectivity index (χ3n) is 4.69. The van der Waals surface area contributed by atoms with E-state index >= 15 is 0 Å². The number of aromatic nitrogens is 2. The van der Waals surface area contributed by atoms with Crippen LogP contribution in [0.1, 0.15) is 49.9 Å². The second-order valence-corrected chi connectivity index (χ2v) is 6.96. The maximum absolute atomic E-state index is 12.1. The van der Waals surface area contributed by atoms with Crippen molar-refractivity contribution in [2.24, 2.45) is 5.92 Å². The highest BCUT2D eigenvalue weighted by Crippen LogP contribution is 2.46. The lowest BCUT2D eigenvalue weighted by atomic mass is 9.83. The van der Waals surface area contributed by atoms with Crippen molar-refractivity contribution in [3.8, 4) is 0 Å². The predicted molar refractivity (Wildman–Crippen MR) is 91.5 cm³/mol. The Balaban J connectivity index is 2.02. The Bertz CT molecular complexity index is 641. The number of hydrogen-bond acceptors (Lipinski definition) is 4. The van der Waals surface area contributed by atoms with E-state index in [1.807, 2.05) is 30.3 Å². The van der Waals surface area contributed by atoms with Crippen LogP contribution >= 0.6 is 0 Å². The molecule has 1 aromatic heterocycles. The van der Waals surface area contributed by atoms with Gasteiger partial charge < -0.3 is 5.11 Å². The van der Waals surface area contributed by atoms with Crippen molar-refractivity contribution < 1.29 is 9.90 Å². The van der Waals surface area contributed by atoms with Gasteiger partial charge in [-0.3, -0.25) is 20.1 Å².